The minimum absolute atomic E-state index is 0.0498. The number of nitrogens with one attached hydrogen (secondary N) is 1. The third-order valence-corrected chi connectivity index (χ3v) is 8.54. The van der Waals surface area contributed by atoms with E-state index in [1.165, 1.54) is 19.9 Å². The molecule has 3 heterocycles. The van der Waals surface area contributed by atoms with Crippen LogP contribution in [0.5, 0.6) is 0 Å². The molecule has 3 aromatic rings. The molecule has 0 radical (unpaired) electrons. The number of nitrogens with zero attached hydrogens (tertiary/aromatic N) is 2. The van der Waals surface area contributed by atoms with Crippen molar-refractivity contribution < 1.29 is 27.1 Å². The third kappa shape index (κ3) is 5.89. The van der Waals surface area contributed by atoms with Gasteiger partial charge in [0.25, 0.3) is 5.91 Å². The number of rotatable bonds is 7. The average Bonchev–Trinajstić information content (AvgIpc) is 3.18. The summed E-state index contributed by atoms with van der Waals surface area (Å²) in [6.45, 7) is 4.14. The fraction of sp³-hybridized carbons (Fsp3) is 0.333. The zero-order valence-electron chi connectivity index (χ0n) is 19.7. The standard InChI is InChI=1S/C24H26F2N4O4S2/c1-24(2,32)14-10-17(25)21(18(26)11-14)19-12-16(22(27)31)23(35-19)29-20-5-3-4-15(28-20)13-30-6-8-36(33,34)9-7-30/h3-5,10-12,32H,6-9,13H2,1-2H3,(H2,27,31)(H,28,29). The van der Waals surface area contributed by atoms with Crippen LogP contribution >= 0.6 is 11.3 Å². The quantitative estimate of drug-likeness (QED) is 0.423. The molecular formula is C24H26F2N4O4S2. The van der Waals surface area contributed by atoms with E-state index in [0.29, 0.717) is 31.1 Å². The maximum atomic E-state index is 14.9. The first kappa shape index (κ1) is 26.1. The van der Waals surface area contributed by atoms with Gasteiger partial charge in [0.05, 0.1) is 33.9 Å². The molecule has 1 saturated heterocycles. The molecule has 0 saturated carbocycles. The highest BCUT2D eigenvalue weighted by molar-refractivity contribution is 7.91. The Morgan fingerprint density at radius 3 is 2.42 bits per heavy atom. The first-order valence-corrected chi connectivity index (χ1v) is 13.8. The predicted octanol–water partition coefficient (Wildman–Crippen LogP) is 3.39. The molecule has 12 heteroatoms. The molecule has 1 fully saturated rings. The second-order valence-corrected chi connectivity index (χ2v) is 12.5. The molecule has 4 rings (SSSR count). The van der Waals surface area contributed by atoms with Crippen LogP contribution in [0, 0.1) is 11.6 Å². The van der Waals surface area contributed by atoms with Crippen LogP contribution in [0.25, 0.3) is 10.4 Å². The molecule has 0 aliphatic carbocycles. The number of thiophene rings is 1. The van der Waals surface area contributed by atoms with Crippen LogP contribution in [0.3, 0.4) is 0 Å². The number of aliphatic hydroxyl groups is 1. The lowest BCUT2D eigenvalue weighted by Crippen LogP contribution is -2.39. The molecule has 0 unspecified atom stereocenters. The van der Waals surface area contributed by atoms with E-state index in [-0.39, 0.29) is 38.1 Å². The average molecular weight is 537 g/mol. The van der Waals surface area contributed by atoms with Crippen LogP contribution in [-0.2, 0) is 22.0 Å². The minimum Gasteiger partial charge on any atom is -0.386 e. The molecule has 8 nitrogen and oxygen atoms in total. The van der Waals surface area contributed by atoms with E-state index in [0.717, 1.165) is 23.5 Å². The van der Waals surface area contributed by atoms with Crippen molar-refractivity contribution in [3.8, 4) is 10.4 Å². The van der Waals surface area contributed by atoms with Crippen molar-refractivity contribution in [1.82, 2.24) is 9.88 Å². The van der Waals surface area contributed by atoms with Gasteiger partial charge in [0.2, 0.25) is 0 Å². The van der Waals surface area contributed by atoms with Gasteiger partial charge >= 0.3 is 0 Å². The SMILES string of the molecule is CC(C)(O)c1cc(F)c(-c2cc(C(N)=O)c(Nc3cccc(CN4CCS(=O)(=O)CC4)n3)s2)c(F)c1. The first-order valence-electron chi connectivity index (χ1n) is 11.1. The zero-order chi connectivity index (χ0) is 26.3. The monoisotopic (exact) mass is 536 g/mol. The fourth-order valence-electron chi connectivity index (χ4n) is 3.84. The molecule has 4 N–H and O–H groups in total. The maximum absolute atomic E-state index is 14.9. The van der Waals surface area contributed by atoms with E-state index in [2.05, 4.69) is 10.3 Å². The number of primary amides is 1. The number of hydrogen-bond donors (Lipinski definition) is 3. The van der Waals surface area contributed by atoms with Crippen LogP contribution in [0.15, 0.2) is 36.4 Å². The number of amides is 1. The predicted molar refractivity (Wildman–Crippen MR) is 135 cm³/mol. The summed E-state index contributed by atoms with van der Waals surface area (Å²) in [6, 6.07) is 8.68. The number of aromatic nitrogens is 1. The van der Waals surface area contributed by atoms with E-state index in [4.69, 9.17) is 5.73 Å². The van der Waals surface area contributed by atoms with Gasteiger partial charge in [-0.2, -0.15) is 0 Å². The normalized spacial score (nSPS) is 16.1. The van der Waals surface area contributed by atoms with Crippen molar-refractivity contribution in [3.05, 3.63) is 64.9 Å². The van der Waals surface area contributed by atoms with Gasteiger partial charge in [-0.3, -0.25) is 9.69 Å². The summed E-state index contributed by atoms with van der Waals surface area (Å²) in [5.74, 6) is -1.92. The number of benzene rings is 1. The molecule has 1 aromatic carbocycles. The lowest BCUT2D eigenvalue weighted by Gasteiger charge is -2.26. The Labute approximate surface area is 211 Å². The van der Waals surface area contributed by atoms with E-state index in [1.807, 2.05) is 4.90 Å². The number of nitrogens with two attached hydrogens (primary N) is 1. The molecule has 0 atom stereocenters. The summed E-state index contributed by atoms with van der Waals surface area (Å²) in [7, 11) is -2.99. The van der Waals surface area contributed by atoms with Crippen LogP contribution < -0.4 is 11.1 Å². The Morgan fingerprint density at radius 1 is 1.19 bits per heavy atom. The van der Waals surface area contributed by atoms with Gasteiger partial charge in [0.15, 0.2) is 9.84 Å². The summed E-state index contributed by atoms with van der Waals surface area (Å²) in [4.78, 5) is 18.8. The van der Waals surface area contributed by atoms with Gasteiger partial charge < -0.3 is 16.2 Å². The molecule has 2 aromatic heterocycles. The molecule has 36 heavy (non-hydrogen) atoms. The lowest BCUT2D eigenvalue weighted by atomic mass is 9.96. The Morgan fingerprint density at radius 2 is 1.83 bits per heavy atom. The number of pyridine rings is 1. The number of carbonyl (C=O) groups excluding carboxylic acids is 1. The molecule has 0 spiro atoms. The van der Waals surface area contributed by atoms with Crippen molar-refractivity contribution >= 4 is 37.9 Å². The molecule has 1 amide bonds. The largest absolute Gasteiger partial charge is 0.386 e. The number of sulfone groups is 1. The summed E-state index contributed by atoms with van der Waals surface area (Å²) in [6.07, 6.45) is 0. The summed E-state index contributed by atoms with van der Waals surface area (Å²) < 4.78 is 53.1. The molecule has 1 aliphatic heterocycles. The summed E-state index contributed by atoms with van der Waals surface area (Å²) in [5, 5.41) is 13.4. The highest BCUT2D eigenvalue weighted by Crippen LogP contribution is 2.40. The van der Waals surface area contributed by atoms with Crippen LogP contribution in [0.2, 0.25) is 0 Å². The second kappa shape index (κ2) is 9.85. The summed E-state index contributed by atoms with van der Waals surface area (Å²) >= 11 is 0.947. The van der Waals surface area contributed by atoms with Gasteiger partial charge in [-0.25, -0.2) is 22.2 Å². The Balaban J connectivity index is 1.60. The van der Waals surface area contributed by atoms with Gasteiger partial charge in [0, 0.05) is 24.5 Å². The van der Waals surface area contributed by atoms with Crippen molar-refractivity contribution in [2.45, 2.75) is 26.0 Å². The topological polar surface area (TPSA) is 126 Å². The highest BCUT2D eigenvalue weighted by atomic mass is 32.2. The van der Waals surface area contributed by atoms with Gasteiger partial charge in [-0.05, 0) is 49.7 Å². The number of carbonyl (C=O) groups is 1. The fourth-order valence-corrected chi connectivity index (χ4v) is 6.24. The first-order chi connectivity index (χ1) is 16.8. The Bertz CT molecular complexity index is 1380. The zero-order valence-corrected chi connectivity index (χ0v) is 21.3. The van der Waals surface area contributed by atoms with Crippen LogP contribution in [-0.4, -0.2) is 53.9 Å². The number of hydrogen-bond acceptors (Lipinski definition) is 8. The van der Waals surface area contributed by atoms with Gasteiger partial charge in [0.1, 0.15) is 22.5 Å². The van der Waals surface area contributed by atoms with Crippen LogP contribution in [0.4, 0.5) is 19.6 Å². The van der Waals surface area contributed by atoms with Crippen molar-refractivity contribution in [1.29, 1.82) is 0 Å². The van der Waals surface area contributed by atoms with Crippen molar-refractivity contribution in [3.63, 3.8) is 0 Å². The van der Waals surface area contributed by atoms with E-state index < -0.39 is 33.0 Å². The molecule has 0 bridgehead atoms. The smallest absolute Gasteiger partial charge is 0.251 e. The molecule has 1 aliphatic rings. The van der Waals surface area contributed by atoms with Crippen molar-refractivity contribution in [2.75, 3.05) is 29.9 Å². The highest BCUT2D eigenvalue weighted by Gasteiger charge is 2.25. The minimum atomic E-state index is -2.99. The molecular weight excluding hydrogens is 510 g/mol. The Kier molecular flexibility index (Phi) is 7.15. The van der Waals surface area contributed by atoms with Crippen LogP contribution in [0.1, 0.15) is 35.5 Å². The lowest BCUT2D eigenvalue weighted by molar-refractivity contribution is 0.0778. The van der Waals surface area contributed by atoms with Gasteiger partial charge in [-0.15, -0.1) is 11.3 Å². The molecule has 192 valence electrons. The van der Waals surface area contributed by atoms with E-state index in [9.17, 15) is 27.1 Å². The van der Waals surface area contributed by atoms with Crippen molar-refractivity contribution in [2.24, 2.45) is 5.73 Å². The maximum Gasteiger partial charge on any atom is 0.251 e. The van der Waals surface area contributed by atoms with Gasteiger partial charge in [-0.1, -0.05) is 6.07 Å². The number of anilines is 2. The van der Waals surface area contributed by atoms with E-state index >= 15 is 0 Å². The number of halogens is 2. The Hall–Kier alpha value is -2.93. The van der Waals surface area contributed by atoms with E-state index in [1.54, 1.807) is 18.2 Å². The second-order valence-electron chi connectivity index (χ2n) is 9.16. The third-order valence-electron chi connectivity index (χ3n) is 5.86. The summed E-state index contributed by atoms with van der Waals surface area (Å²) in [5.41, 5.74) is 4.59.